The maximum atomic E-state index is 12.8. The lowest BCUT2D eigenvalue weighted by atomic mass is 10.1. The summed E-state index contributed by atoms with van der Waals surface area (Å²) in [5, 5.41) is 16.0. The van der Waals surface area contributed by atoms with E-state index in [2.05, 4.69) is 15.8 Å². The van der Waals surface area contributed by atoms with Gasteiger partial charge in [0.25, 0.3) is 11.8 Å². The first kappa shape index (κ1) is 23.3. The van der Waals surface area contributed by atoms with Crippen molar-refractivity contribution in [3.63, 3.8) is 0 Å². The highest BCUT2D eigenvalue weighted by Crippen LogP contribution is 2.15. The molecule has 0 unspecified atom stereocenters. The van der Waals surface area contributed by atoms with Crippen LogP contribution in [0.25, 0.3) is 6.08 Å². The van der Waals surface area contributed by atoms with Crippen molar-refractivity contribution in [1.29, 1.82) is 0 Å². The number of phenols is 1. The molecule has 2 amide bonds. The van der Waals surface area contributed by atoms with Crippen LogP contribution in [0.4, 0.5) is 0 Å². The van der Waals surface area contributed by atoms with E-state index in [1.807, 2.05) is 6.92 Å². The van der Waals surface area contributed by atoms with Gasteiger partial charge in [0.1, 0.15) is 17.2 Å². The van der Waals surface area contributed by atoms with Gasteiger partial charge in [0.15, 0.2) is 0 Å². The highest BCUT2D eigenvalue weighted by Gasteiger charge is 2.14. The summed E-state index contributed by atoms with van der Waals surface area (Å²) >= 11 is 0. The smallest absolute Gasteiger partial charge is 0.287 e. The Hall–Kier alpha value is -4.39. The van der Waals surface area contributed by atoms with Crippen LogP contribution in [-0.2, 0) is 4.79 Å². The summed E-state index contributed by atoms with van der Waals surface area (Å²) in [5.74, 6) is -0.133. The van der Waals surface area contributed by atoms with Crippen molar-refractivity contribution >= 4 is 24.1 Å². The average Bonchev–Trinajstić information content (AvgIpc) is 2.84. The maximum Gasteiger partial charge on any atom is 0.287 e. The minimum atomic E-state index is -0.583. The van der Waals surface area contributed by atoms with Crippen LogP contribution in [0.1, 0.15) is 34.8 Å². The second kappa shape index (κ2) is 11.9. The van der Waals surface area contributed by atoms with E-state index in [1.54, 1.807) is 72.8 Å². The molecule has 0 saturated heterocycles. The van der Waals surface area contributed by atoms with Gasteiger partial charge in [-0.15, -0.1) is 0 Å². The number of aromatic hydroxyl groups is 1. The largest absolute Gasteiger partial charge is 0.508 e. The summed E-state index contributed by atoms with van der Waals surface area (Å²) in [6.45, 7) is 2.65. The average molecular weight is 444 g/mol. The van der Waals surface area contributed by atoms with E-state index in [-0.39, 0.29) is 11.4 Å². The number of hydrazone groups is 1. The molecule has 33 heavy (non-hydrogen) atoms. The fraction of sp³-hybridized carbons (Fsp3) is 0.115. The van der Waals surface area contributed by atoms with Crippen molar-refractivity contribution < 1.29 is 19.4 Å². The molecule has 0 aromatic heterocycles. The van der Waals surface area contributed by atoms with Crippen molar-refractivity contribution in [2.24, 2.45) is 5.10 Å². The zero-order chi connectivity index (χ0) is 23.5. The Morgan fingerprint density at radius 3 is 2.27 bits per heavy atom. The van der Waals surface area contributed by atoms with E-state index in [0.717, 1.165) is 12.2 Å². The molecule has 0 heterocycles. The van der Waals surface area contributed by atoms with Crippen LogP contribution in [0.2, 0.25) is 0 Å². The first-order chi connectivity index (χ1) is 16.0. The van der Waals surface area contributed by atoms with Gasteiger partial charge in [0.2, 0.25) is 0 Å². The van der Waals surface area contributed by atoms with Crippen LogP contribution in [0.15, 0.2) is 89.7 Å². The molecule has 0 radical (unpaired) electrons. The lowest BCUT2D eigenvalue weighted by molar-refractivity contribution is -0.117. The standard InChI is InChI=1S/C26H25N3O4/c1-2-16-33-23-14-10-19(11-15-23)17-24(28-25(31)21-6-4-3-5-7-21)26(32)29-27-18-20-8-12-22(30)13-9-20/h3-15,17-18,30H,2,16H2,1H3,(H,28,31)(H,29,32)/b24-17-,27-18-. The minimum absolute atomic E-state index is 0.0361. The Bertz CT molecular complexity index is 1120. The highest BCUT2D eigenvalue weighted by atomic mass is 16.5. The van der Waals surface area contributed by atoms with Gasteiger partial charge < -0.3 is 15.2 Å². The highest BCUT2D eigenvalue weighted by molar-refractivity contribution is 6.05. The predicted octanol–water partition coefficient (Wildman–Crippen LogP) is 4.10. The number of hydrogen-bond donors (Lipinski definition) is 3. The third kappa shape index (κ3) is 7.36. The number of nitrogens with zero attached hydrogens (tertiary/aromatic N) is 1. The number of amides is 2. The summed E-state index contributed by atoms with van der Waals surface area (Å²) in [6, 6.07) is 22.2. The van der Waals surface area contributed by atoms with E-state index < -0.39 is 11.8 Å². The summed E-state index contributed by atoms with van der Waals surface area (Å²) in [5.41, 5.74) is 4.28. The first-order valence-electron chi connectivity index (χ1n) is 10.5. The fourth-order valence-electron chi connectivity index (χ4n) is 2.78. The quantitative estimate of drug-likeness (QED) is 0.263. The van der Waals surface area contributed by atoms with E-state index in [1.165, 1.54) is 18.3 Å². The van der Waals surface area contributed by atoms with E-state index in [0.29, 0.717) is 23.3 Å². The second-order valence-corrected chi connectivity index (χ2v) is 7.09. The van der Waals surface area contributed by atoms with Gasteiger partial charge in [-0.25, -0.2) is 5.43 Å². The molecular formula is C26H25N3O4. The number of carbonyl (C=O) groups is 2. The molecule has 3 aromatic rings. The lowest BCUT2D eigenvalue weighted by Gasteiger charge is -2.10. The van der Waals surface area contributed by atoms with E-state index in [4.69, 9.17) is 4.74 Å². The molecular weight excluding hydrogens is 418 g/mol. The Morgan fingerprint density at radius 1 is 0.939 bits per heavy atom. The number of nitrogens with one attached hydrogen (secondary N) is 2. The number of ether oxygens (including phenoxy) is 1. The van der Waals surface area contributed by atoms with Crippen molar-refractivity contribution in [2.45, 2.75) is 13.3 Å². The first-order valence-corrected chi connectivity index (χ1v) is 10.5. The molecule has 0 aliphatic rings. The molecule has 0 saturated carbocycles. The lowest BCUT2D eigenvalue weighted by Crippen LogP contribution is -2.32. The number of hydrogen-bond acceptors (Lipinski definition) is 5. The van der Waals surface area contributed by atoms with Crippen molar-refractivity contribution in [1.82, 2.24) is 10.7 Å². The Balaban J connectivity index is 1.77. The Labute approximate surface area is 192 Å². The number of phenolic OH excluding ortho intramolecular Hbond substituents is 1. The molecule has 168 valence electrons. The van der Waals surface area contributed by atoms with Gasteiger partial charge in [0, 0.05) is 5.56 Å². The summed E-state index contributed by atoms with van der Waals surface area (Å²) in [7, 11) is 0. The van der Waals surface area contributed by atoms with Gasteiger partial charge in [-0.3, -0.25) is 9.59 Å². The zero-order valence-electron chi connectivity index (χ0n) is 18.2. The Morgan fingerprint density at radius 2 is 1.61 bits per heavy atom. The van der Waals surface area contributed by atoms with Gasteiger partial charge >= 0.3 is 0 Å². The van der Waals surface area contributed by atoms with E-state index >= 15 is 0 Å². The summed E-state index contributed by atoms with van der Waals surface area (Å²) in [4.78, 5) is 25.4. The molecule has 0 aliphatic heterocycles. The van der Waals surface area contributed by atoms with Gasteiger partial charge in [-0.05, 0) is 72.2 Å². The van der Waals surface area contributed by atoms with Crippen LogP contribution in [0.5, 0.6) is 11.5 Å². The molecule has 7 nitrogen and oxygen atoms in total. The second-order valence-electron chi connectivity index (χ2n) is 7.09. The van der Waals surface area contributed by atoms with Gasteiger partial charge in [-0.1, -0.05) is 37.3 Å². The maximum absolute atomic E-state index is 12.8. The summed E-state index contributed by atoms with van der Waals surface area (Å²) in [6.07, 6.45) is 3.91. The van der Waals surface area contributed by atoms with Crippen molar-refractivity contribution in [3.8, 4) is 11.5 Å². The van der Waals surface area contributed by atoms with Crippen LogP contribution in [-0.4, -0.2) is 29.7 Å². The van der Waals surface area contributed by atoms with E-state index in [9.17, 15) is 14.7 Å². The Kier molecular flexibility index (Phi) is 8.36. The van der Waals surface area contributed by atoms with Crippen molar-refractivity contribution in [2.75, 3.05) is 6.61 Å². The van der Waals surface area contributed by atoms with Crippen LogP contribution >= 0.6 is 0 Å². The molecule has 7 heteroatoms. The van der Waals surface area contributed by atoms with Gasteiger partial charge in [-0.2, -0.15) is 5.10 Å². The molecule has 3 aromatic carbocycles. The minimum Gasteiger partial charge on any atom is -0.508 e. The number of carbonyl (C=O) groups excluding carboxylic acids is 2. The van der Waals surface area contributed by atoms with Crippen molar-refractivity contribution in [3.05, 3.63) is 101 Å². The summed E-state index contributed by atoms with van der Waals surface area (Å²) < 4.78 is 5.58. The zero-order valence-corrected chi connectivity index (χ0v) is 18.2. The molecule has 0 fully saturated rings. The van der Waals surface area contributed by atoms with Gasteiger partial charge in [0.05, 0.1) is 12.8 Å². The van der Waals surface area contributed by atoms with Crippen LogP contribution < -0.4 is 15.5 Å². The molecule has 3 rings (SSSR count). The molecule has 0 spiro atoms. The number of benzene rings is 3. The third-order valence-electron chi connectivity index (χ3n) is 4.47. The topological polar surface area (TPSA) is 100 Å². The fourth-order valence-corrected chi connectivity index (χ4v) is 2.78. The predicted molar refractivity (Wildman–Crippen MR) is 128 cm³/mol. The third-order valence-corrected chi connectivity index (χ3v) is 4.47. The SMILES string of the molecule is CCCOc1ccc(/C=C(\NC(=O)c2ccccc2)C(=O)N/N=C\c2ccc(O)cc2)cc1. The monoisotopic (exact) mass is 443 g/mol. The van der Waals surface area contributed by atoms with Crippen LogP contribution in [0.3, 0.4) is 0 Å². The van der Waals surface area contributed by atoms with Crippen LogP contribution in [0, 0.1) is 0 Å². The molecule has 0 aliphatic carbocycles. The number of rotatable bonds is 9. The molecule has 0 atom stereocenters. The normalized spacial score (nSPS) is 11.2. The molecule has 3 N–H and O–H groups in total. The molecule has 0 bridgehead atoms.